The van der Waals surface area contributed by atoms with Gasteiger partial charge in [0, 0.05) is 18.1 Å². The first-order chi connectivity index (χ1) is 9.16. The summed E-state index contributed by atoms with van der Waals surface area (Å²) in [4.78, 5) is 4.39. The van der Waals surface area contributed by atoms with Gasteiger partial charge in [-0.15, -0.1) is 0 Å². The zero-order valence-electron chi connectivity index (χ0n) is 10.8. The van der Waals surface area contributed by atoms with Crippen LogP contribution in [0.5, 0.6) is 0 Å². The molecule has 3 nitrogen and oxygen atoms in total. The molecule has 19 heavy (non-hydrogen) atoms. The van der Waals surface area contributed by atoms with Gasteiger partial charge in [0.15, 0.2) is 5.65 Å². The number of aromatic nitrogens is 2. The molecule has 96 valence electrons. The Bertz CT molecular complexity index is 726. The van der Waals surface area contributed by atoms with Crippen molar-refractivity contribution >= 4 is 28.6 Å². The molecule has 0 saturated carbocycles. The first kappa shape index (κ1) is 12.1. The van der Waals surface area contributed by atoms with E-state index >= 15 is 0 Å². The van der Waals surface area contributed by atoms with Gasteiger partial charge in [-0.3, -0.25) is 0 Å². The number of nitrogens with one attached hydrogen (secondary N) is 1. The molecular formula is C15H14ClN3. The second-order valence-corrected chi connectivity index (χ2v) is 4.97. The number of nitrogens with zero attached hydrogens (tertiary/aromatic N) is 2. The van der Waals surface area contributed by atoms with Crippen molar-refractivity contribution in [2.24, 2.45) is 0 Å². The minimum Gasteiger partial charge on any atom is -0.351 e. The lowest BCUT2D eigenvalue weighted by molar-refractivity contribution is 1.09. The van der Waals surface area contributed by atoms with E-state index in [9.17, 15) is 0 Å². The Kier molecular flexibility index (Phi) is 2.91. The monoisotopic (exact) mass is 271 g/mol. The van der Waals surface area contributed by atoms with Gasteiger partial charge in [0.1, 0.15) is 0 Å². The second-order valence-electron chi connectivity index (χ2n) is 4.57. The summed E-state index contributed by atoms with van der Waals surface area (Å²) < 4.78 is 2.05. The number of pyridine rings is 1. The van der Waals surface area contributed by atoms with Crippen LogP contribution in [0.3, 0.4) is 0 Å². The molecule has 0 saturated heterocycles. The van der Waals surface area contributed by atoms with Crippen LogP contribution in [0, 0.1) is 13.8 Å². The summed E-state index contributed by atoms with van der Waals surface area (Å²) in [5.74, 6) is 0. The molecule has 0 aliphatic rings. The van der Waals surface area contributed by atoms with Crippen molar-refractivity contribution in [3.05, 3.63) is 59.0 Å². The predicted molar refractivity (Wildman–Crippen MR) is 79.4 cm³/mol. The highest BCUT2D eigenvalue weighted by Crippen LogP contribution is 2.30. The lowest BCUT2D eigenvalue weighted by Gasteiger charge is -2.13. The average molecular weight is 272 g/mol. The standard InChI is InChI=1S/C15H14ClN3/c1-10-4-3-5-12(16)14(10)18-13-7-6-11(2)19-9-8-17-15(13)19/h3-9,18H,1-2H3. The lowest BCUT2D eigenvalue weighted by atomic mass is 10.2. The van der Waals surface area contributed by atoms with Crippen molar-refractivity contribution in [3.8, 4) is 0 Å². The van der Waals surface area contributed by atoms with E-state index in [1.807, 2.05) is 37.4 Å². The fourth-order valence-corrected chi connectivity index (χ4v) is 2.44. The number of hydrogen-bond donors (Lipinski definition) is 1. The molecule has 0 bridgehead atoms. The van der Waals surface area contributed by atoms with E-state index in [1.165, 1.54) is 0 Å². The smallest absolute Gasteiger partial charge is 0.160 e. The molecule has 0 aliphatic heterocycles. The SMILES string of the molecule is Cc1cccc(Cl)c1Nc1ccc(C)n2ccnc12. The predicted octanol–water partition coefficient (Wildman–Crippen LogP) is 4.35. The Balaban J connectivity index is 2.11. The molecule has 2 aromatic heterocycles. The number of imidazole rings is 1. The number of fused-ring (bicyclic) bond motifs is 1. The fourth-order valence-electron chi connectivity index (χ4n) is 2.17. The zero-order valence-corrected chi connectivity index (χ0v) is 11.6. The second kappa shape index (κ2) is 4.59. The number of para-hydroxylation sites is 1. The molecule has 3 aromatic rings. The largest absolute Gasteiger partial charge is 0.351 e. The van der Waals surface area contributed by atoms with Crippen LogP contribution in [0.2, 0.25) is 5.02 Å². The van der Waals surface area contributed by atoms with Crippen molar-refractivity contribution in [3.63, 3.8) is 0 Å². The molecule has 0 amide bonds. The van der Waals surface area contributed by atoms with Crippen LogP contribution in [-0.4, -0.2) is 9.38 Å². The first-order valence-corrected chi connectivity index (χ1v) is 6.49. The quantitative estimate of drug-likeness (QED) is 0.751. The molecule has 0 unspecified atom stereocenters. The van der Waals surface area contributed by atoms with Crippen LogP contribution in [-0.2, 0) is 0 Å². The summed E-state index contributed by atoms with van der Waals surface area (Å²) in [5.41, 5.74) is 5.04. The van der Waals surface area contributed by atoms with Gasteiger partial charge in [-0.1, -0.05) is 23.7 Å². The summed E-state index contributed by atoms with van der Waals surface area (Å²) in [7, 11) is 0. The summed E-state index contributed by atoms with van der Waals surface area (Å²) in [5, 5.41) is 4.09. The topological polar surface area (TPSA) is 29.3 Å². The molecular weight excluding hydrogens is 258 g/mol. The van der Waals surface area contributed by atoms with Gasteiger partial charge in [0.25, 0.3) is 0 Å². The van der Waals surface area contributed by atoms with E-state index in [2.05, 4.69) is 27.7 Å². The van der Waals surface area contributed by atoms with Crippen molar-refractivity contribution in [2.45, 2.75) is 13.8 Å². The molecule has 0 aliphatic carbocycles. The number of halogens is 1. The van der Waals surface area contributed by atoms with Crippen LogP contribution in [0.15, 0.2) is 42.7 Å². The Morgan fingerprint density at radius 1 is 1.16 bits per heavy atom. The summed E-state index contributed by atoms with van der Waals surface area (Å²) in [6, 6.07) is 9.95. The summed E-state index contributed by atoms with van der Waals surface area (Å²) >= 11 is 6.25. The molecule has 2 heterocycles. The zero-order chi connectivity index (χ0) is 13.4. The Morgan fingerprint density at radius 3 is 2.79 bits per heavy atom. The molecule has 0 fully saturated rings. The molecule has 4 heteroatoms. The van der Waals surface area contributed by atoms with E-state index in [0.717, 1.165) is 28.3 Å². The van der Waals surface area contributed by atoms with Crippen LogP contribution in [0.1, 0.15) is 11.3 Å². The van der Waals surface area contributed by atoms with Crippen molar-refractivity contribution in [2.75, 3.05) is 5.32 Å². The summed E-state index contributed by atoms with van der Waals surface area (Å²) in [6.45, 7) is 4.09. The van der Waals surface area contributed by atoms with Gasteiger partial charge in [-0.2, -0.15) is 0 Å². The van der Waals surface area contributed by atoms with E-state index in [1.54, 1.807) is 6.20 Å². The highest BCUT2D eigenvalue weighted by Gasteiger charge is 2.08. The van der Waals surface area contributed by atoms with Crippen LogP contribution >= 0.6 is 11.6 Å². The molecule has 0 atom stereocenters. The van der Waals surface area contributed by atoms with Gasteiger partial charge in [-0.05, 0) is 37.6 Å². The third-order valence-electron chi connectivity index (χ3n) is 3.23. The van der Waals surface area contributed by atoms with Gasteiger partial charge < -0.3 is 9.72 Å². The fraction of sp³-hybridized carbons (Fsp3) is 0.133. The molecule has 0 spiro atoms. The van der Waals surface area contributed by atoms with Crippen molar-refractivity contribution in [1.82, 2.24) is 9.38 Å². The third kappa shape index (κ3) is 2.06. The normalized spacial score (nSPS) is 10.9. The number of anilines is 2. The van der Waals surface area contributed by atoms with E-state index in [-0.39, 0.29) is 0 Å². The van der Waals surface area contributed by atoms with Gasteiger partial charge >= 0.3 is 0 Å². The first-order valence-electron chi connectivity index (χ1n) is 6.11. The summed E-state index contributed by atoms with van der Waals surface area (Å²) in [6.07, 6.45) is 3.75. The lowest BCUT2D eigenvalue weighted by Crippen LogP contribution is -1.99. The minimum atomic E-state index is 0.713. The number of aryl methyl sites for hydroxylation is 2. The highest BCUT2D eigenvalue weighted by molar-refractivity contribution is 6.33. The maximum Gasteiger partial charge on any atom is 0.160 e. The minimum absolute atomic E-state index is 0.713. The Morgan fingerprint density at radius 2 is 2.00 bits per heavy atom. The number of benzene rings is 1. The van der Waals surface area contributed by atoms with Crippen molar-refractivity contribution < 1.29 is 0 Å². The van der Waals surface area contributed by atoms with Gasteiger partial charge in [0.2, 0.25) is 0 Å². The Labute approximate surface area is 116 Å². The molecule has 1 N–H and O–H groups in total. The van der Waals surface area contributed by atoms with Crippen LogP contribution in [0.4, 0.5) is 11.4 Å². The maximum atomic E-state index is 6.25. The van der Waals surface area contributed by atoms with E-state index < -0.39 is 0 Å². The molecule has 1 aromatic carbocycles. The van der Waals surface area contributed by atoms with Crippen LogP contribution in [0.25, 0.3) is 5.65 Å². The average Bonchev–Trinajstić information content (AvgIpc) is 2.87. The van der Waals surface area contributed by atoms with Crippen LogP contribution < -0.4 is 5.32 Å². The third-order valence-corrected chi connectivity index (χ3v) is 3.55. The Hall–Kier alpha value is -2.00. The number of hydrogen-bond acceptors (Lipinski definition) is 2. The molecule has 0 radical (unpaired) electrons. The van der Waals surface area contributed by atoms with Gasteiger partial charge in [0.05, 0.1) is 16.4 Å². The van der Waals surface area contributed by atoms with Crippen molar-refractivity contribution in [1.29, 1.82) is 0 Å². The van der Waals surface area contributed by atoms with E-state index in [4.69, 9.17) is 11.6 Å². The molecule has 3 rings (SSSR count). The van der Waals surface area contributed by atoms with E-state index in [0.29, 0.717) is 5.02 Å². The maximum absolute atomic E-state index is 6.25. The number of rotatable bonds is 2. The van der Waals surface area contributed by atoms with Gasteiger partial charge in [-0.25, -0.2) is 4.98 Å². The highest BCUT2D eigenvalue weighted by atomic mass is 35.5.